The van der Waals surface area contributed by atoms with Crippen LogP contribution in [0.2, 0.25) is 0 Å². The summed E-state index contributed by atoms with van der Waals surface area (Å²) >= 11 is 0. The van der Waals surface area contributed by atoms with Crippen LogP contribution in [0, 0.1) is 6.92 Å². The number of hydrogen-bond donors (Lipinski definition) is 0. The Labute approximate surface area is 89.3 Å². The molecule has 0 aliphatic heterocycles. The molecule has 1 aromatic carbocycles. The van der Waals surface area contributed by atoms with Crippen molar-refractivity contribution in [2.45, 2.75) is 13.8 Å². The smallest absolute Gasteiger partial charge is 0.373 e. The van der Waals surface area contributed by atoms with Crippen LogP contribution in [0.4, 0.5) is 0 Å². The third-order valence-corrected chi connectivity index (χ3v) is 1.83. The van der Waals surface area contributed by atoms with Gasteiger partial charge in [-0.2, -0.15) is 0 Å². The van der Waals surface area contributed by atoms with E-state index in [0.29, 0.717) is 12.4 Å². The number of ether oxygens (including phenoxy) is 2. The fourth-order valence-electron chi connectivity index (χ4n) is 1.06. The van der Waals surface area contributed by atoms with Gasteiger partial charge in [0.25, 0.3) is 0 Å². The van der Waals surface area contributed by atoms with Crippen LogP contribution in [0.5, 0.6) is 5.75 Å². The Morgan fingerprint density at radius 3 is 2.67 bits per heavy atom. The van der Waals surface area contributed by atoms with E-state index < -0.39 is 5.97 Å². The lowest BCUT2D eigenvalue weighted by atomic mass is 10.2. The molecule has 0 unspecified atom stereocenters. The number of esters is 1. The molecule has 3 heteroatoms. The molecule has 0 aromatic heterocycles. The third-order valence-electron chi connectivity index (χ3n) is 1.83. The Bertz CT molecular complexity index is 369. The molecule has 0 aliphatic rings. The van der Waals surface area contributed by atoms with Crippen LogP contribution < -0.4 is 4.74 Å². The molecular formula is C12H14O3. The third kappa shape index (κ3) is 3.13. The van der Waals surface area contributed by atoms with Crippen molar-refractivity contribution in [2.75, 3.05) is 6.61 Å². The van der Waals surface area contributed by atoms with E-state index in [9.17, 15) is 4.79 Å². The Hall–Kier alpha value is -1.77. The van der Waals surface area contributed by atoms with Crippen LogP contribution in [-0.2, 0) is 9.53 Å². The average Bonchev–Trinajstić information content (AvgIpc) is 2.21. The van der Waals surface area contributed by atoms with E-state index in [-0.39, 0.29) is 5.76 Å². The Kier molecular flexibility index (Phi) is 3.92. The summed E-state index contributed by atoms with van der Waals surface area (Å²) in [6.07, 6.45) is 0. The highest BCUT2D eigenvalue weighted by molar-refractivity contribution is 5.86. The zero-order valence-electron chi connectivity index (χ0n) is 8.95. The van der Waals surface area contributed by atoms with E-state index in [2.05, 4.69) is 6.58 Å². The fourth-order valence-corrected chi connectivity index (χ4v) is 1.06. The lowest BCUT2D eigenvalue weighted by Gasteiger charge is -2.09. The van der Waals surface area contributed by atoms with Crippen molar-refractivity contribution < 1.29 is 14.3 Å². The average molecular weight is 206 g/mol. The molecule has 0 spiro atoms. The minimum absolute atomic E-state index is 0.00569. The zero-order chi connectivity index (χ0) is 11.3. The molecule has 80 valence electrons. The molecule has 0 bridgehead atoms. The summed E-state index contributed by atoms with van der Waals surface area (Å²) in [5.41, 5.74) is 0.947. The number of aryl methyl sites for hydroxylation is 1. The second kappa shape index (κ2) is 5.20. The van der Waals surface area contributed by atoms with Gasteiger partial charge in [0, 0.05) is 0 Å². The van der Waals surface area contributed by atoms with Gasteiger partial charge in [0.1, 0.15) is 5.75 Å². The predicted octanol–water partition coefficient (Wildman–Crippen LogP) is 2.45. The van der Waals surface area contributed by atoms with Crippen LogP contribution >= 0.6 is 0 Å². The number of carbonyl (C=O) groups excluding carboxylic acids is 1. The minimum atomic E-state index is -0.527. The van der Waals surface area contributed by atoms with E-state index >= 15 is 0 Å². The highest BCUT2D eigenvalue weighted by Crippen LogP contribution is 2.18. The zero-order valence-corrected chi connectivity index (χ0v) is 8.95. The van der Waals surface area contributed by atoms with Crippen molar-refractivity contribution in [1.29, 1.82) is 0 Å². The van der Waals surface area contributed by atoms with Gasteiger partial charge >= 0.3 is 5.97 Å². The number of carbonyl (C=O) groups is 1. The Balaban J connectivity index is 2.67. The molecule has 15 heavy (non-hydrogen) atoms. The van der Waals surface area contributed by atoms with E-state index in [0.717, 1.165) is 5.56 Å². The molecule has 0 N–H and O–H groups in total. The van der Waals surface area contributed by atoms with Gasteiger partial charge in [0.2, 0.25) is 5.76 Å². The summed E-state index contributed by atoms with van der Waals surface area (Å²) < 4.78 is 10.0. The van der Waals surface area contributed by atoms with E-state index in [1.165, 1.54) is 0 Å². The largest absolute Gasteiger partial charge is 0.460 e. The first-order chi connectivity index (χ1) is 7.15. The number of rotatable bonds is 4. The summed E-state index contributed by atoms with van der Waals surface area (Å²) in [6, 6.07) is 7.41. The van der Waals surface area contributed by atoms with Crippen molar-refractivity contribution in [3.63, 3.8) is 0 Å². The van der Waals surface area contributed by atoms with Crippen molar-refractivity contribution in [3.05, 3.63) is 42.2 Å². The van der Waals surface area contributed by atoms with Gasteiger partial charge in [-0.3, -0.25) is 0 Å². The van der Waals surface area contributed by atoms with E-state index in [4.69, 9.17) is 9.47 Å². The van der Waals surface area contributed by atoms with Crippen LogP contribution in [0.15, 0.2) is 36.6 Å². The standard InChI is InChI=1S/C12H14O3/c1-4-14-12(13)10(3)15-11-8-6-5-7-9(11)2/h5-8H,3-4H2,1-2H3. The first kappa shape index (κ1) is 11.3. The first-order valence-electron chi connectivity index (χ1n) is 4.74. The molecule has 1 rings (SSSR count). The van der Waals surface area contributed by atoms with E-state index in [1.807, 2.05) is 25.1 Å². The molecule has 0 saturated heterocycles. The number of hydrogen-bond acceptors (Lipinski definition) is 3. The number of benzene rings is 1. The lowest BCUT2D eigenvalue weighted by molar-refractivity contribution is -0.140. The van der Waals surface area contributed by atoms with Gasteiger partial charge in [-0.25, -0.2) is 4.79 Å². The van der Waals surface area contributed by atoms with E-state index in [1.54, 1.807) is 13.0 Å². The van der Waals surface area contributed by atoms with Crippen LogP contribution in [0.1, 0.15) is 12.5 Å². The van der Waals surface area contributed by atoms with Crippen LogP contribution in [-0.4, -0.2) is 12.6 Å². The highest BCUT2D eigenvalue weighted by atomic mass is 16.6. The maximum atomic E-state index is 11.2. The summed E-state index contributed by atoms with van der Waals surface area (Å²) in [5, 5.41) is 0. The lowest BCUT2D eigenvalue weighted by Crippen LogP contribution is -2.11. The Morgan fingerprint density at radius 2 is 2.07 bits per heavy atom. The second-order valence-corrected chi connectivity index (χ2v) is 3.01. The van der Waals surface area contributed by atoms with Crippen molar-refractivity contribution in [2.24, 2.45) is 0 Å². The quantitative estimate of drug-likeness (QED) is 0.431. The maximum Gasteiger partial charge on any atom is 0.373 e. The second-order valence-electron chi connectivity index (χ2n) is 3.01. The highest BCUT2D eigenvalue weighted by Gasteiger charge is 2.10. The van der Waals surface area contributed by atoms with Gasteiger partial charge in [-0.15, -0.1) is 0 Å². The molecule has 3 nitrogen and oxygen atoms in total. The van der Waals surface area contributed by atoms with Crippen LogP contribution in [0.3, 0.4) is 0 Å². The van der Waals surface area contributed by atoms with Crippen molar-refractivity contribution in [3.8, 4) is 5.75 Å². The van der Waals surface area contributed by atoms with Gasteiger partial charge in [-0.1, -0.05) is 18.2 Å². The Morgan fingerprint density at radius 1 is 1.40 bits per heavy atom. The van der Waals surface area contributed by atoms with Gasteiger partial charge < -0.3 is 9.47 Å². The van der Waals surface area contributed by atoms with Gasteiger partial charge in [0.15, 0.2) is 0 Å². The molecule has 1 aromatic rings. The number of para-hydroxylation sites is 1. The maximum absolute atomic E-state index is 11.2. The van der Waals surface area contributed by atoms with Crippen molar-refractivity contribution >= 4 is 5.97 Å². The fraction of sp³-hybridized carbons (Fsp3) is 0.250. The predicted molar refractivity (Wildman–Crippen MR) is 57.6 cm³/mol. The molecule has 0 aliphatic carbocycles. The topological polar surface area (TPSA) is 35.5 Å². The van der Waals surface area contributed by atoms with Gasteiger partial charge in [0.05, 0.1) is 6.61 Å². The minimum Gasteiger partial charge on any atom is -0.460 e. The molecular weight excluding hydrogens is 192 g/mol. The normalized spacial score (nSPS) is 9.47. The molecule has 0 atom stereocenters. The van der Waals surface area contributed by atoms with Gasteiger partial charge in [-0.05, 0) is 32.1 Å². The summed E-state index contributed by atoms with van der Waals surface area (Å²) in [4.78, 5) is 11.2. The van der Waals surface area contributed by atoms with Crippen LogP contribution in [0.25, 0.3) is 0 Å². The summed E-state index contributed by atoms with van der Waals surface area (Å²) in [7, 11) is 0. The summed E-state index contributed by atoms with van der Waals surface area (Å²) in [6.45, 7) is 7.46. The molecule has 0 heterocycles. The first-order valence-corrected chi connectivity index (χ1v) is 4.74. The SMILES string of the molecule is C=C(Oc1ccccc1C)C(=O)OCC. The molecule has 0 fully saturated rings. The summed E-state index contributed by atoms with van der Waals surface area (Å²) in [5.74, 6) is 0.0995. The molecule has 0 saturated carbocycles. The molecule has 0 amide bonds. The molecule has 0 radical (unpaired) electrons. The van der Waals surface area contributed by atoms with Crippen molar-refractivity contribution in [1.82, 2.24) is 0 Å². The monoisotopic (exact) mass is 206 g/mol.